The van der Waals surface area contributed by atoms with Gasteiger partial charge in [-0.1, -0.05) is 35.9 Å². The first-order valence-electron chi connectivity index (χ1n) is 9.46. The normalized spacial score (nSPS) is 16.2. The van der Waals surface area contributed by atoms with Crippen molar-refractivity contribution in [3.05, 3.63) is 82.8 Å². The highest BCUT2D eigenvalue weighted by Crippen LogP contribution is 2.32. The zero-order chi connectivity index (χ0) is 20.2. The van der Waals surface area contributed by atoms with E-state index in [9.17, 15) is 9.18 Å². The number of hydrogen-bond acceptors (Lipinski definition) is 4. The number of aromatic nitrogens is 1. The van der Waals surface area contributed by atoms with Gasteiger partial charge >= 0.3 is 0 Å². The number of halogens is 2. The SMILES string of the molecule is O=C(COc1ccccc1F)N1CCC[C@H]1c1ncc(Cc2cccc(Cl)c2)o1. The van der Waals surface area contributed by atoms with Crippen LogP contribution in [0.2, 0.25) is 5.02 Å². The Morgan fingerprint density at radius 1 is 1.28 bits per heavy atom. The number of nitrogens with zero attached hydrogens (tertiary/aromatic N) is 2. The van der Waals surface area contributed by atoms with Crippen LogP contribution >= 0.6 is 11.6 Å². The van der Waals surface area contributed by atoms with Crippen molar-refractivity contribution in [3.63, 3.8) is 0 Å². The van der Waals surface area contributed by atoms with E-state index in [0.29, 0.717) is 29.6 Å². The van der Waals surface area contributed by atoms with E-state index in [1.54, 1.807) is 23.2 Å². The molecule has 1 aliphatic rings. The molecule has 1 atom stereocenters. The summed E-state index contributed by atoms with van der Waals surface area (Å²) in [5.74, 6) is 0.585. The smallest absolute Gasteiger partial charge is 0.261 e. The summed E-state index contributed by atoms with van der Waals surface area (Å²) in [5.41, 5.74) is 1.03. The van der Waals surface area contributed by atoms with Crippen molar-refractivity contribution in [2.75, 3.05) is 13.2 Å². The molecule has 1 amide bonds. The number of likely N-dealkylation sites (tertiary alicyclic amines) is 1. The van der Waals surface area contributed by atoms with E-state index in [2.05, 4.69) is 4.98 Å². The molecular formula is C22H20ClFN2O3. The molecule has 1 fully saturated rings. The molecule has 2 heterocycles. The zero-order valence-electron chi connectivity index (χ0n) is 15.7. The molecule has 0 radical (unpaired) electrons. The molecule has 0 unspecified atom stereocenters. The fourth-order valence-corrected chi connectivity index (χ4v) is 3.73. The molecule has 2 aromatic carbocycles. The molecule has 0 aliphatic carbocycles. The van der Waals surface area contributed by atoms with Gasteiger partial charge in [-0.25, -0.2) is 9.37 Å². The van der Waals surface area contributed by atoms with E-state index in [-0.39, 0.29) is 24.3 Å². The second-order valence-corrected chi connectivity index (χ2v) is 7.37. The summed E-state index contributed by atoms with van der Waals surface area (Å²) < 4.78 is 25.0. The van der Waals surface area contributed by atoms with Gasteiger partial charge in [-0.15, -0.1) is 0 Å². The summed E-state index contributed by atoms with van der Waals surface area (Å²) in [6, 6.07) is 13.4. The van der Waals surface area contributed by atoms with Crippen LogP contribution in [-0.2, 0) is 11.2 Å². The molecule has 4 rings (SSSR count). The van der Waals surface area contributed by atoms with Crippen LogP contribution in [0.1, 0.15) is 36.1 Å². The van der Waals surface area contributed by atoms with Crippen LogP contribution in [0, 0.1) is 5.82 Å². The molecule has 0 bridgehead atoms. The topological polar surface area (TPSA) is 55.6 Å². The average Bonchev–Trinajstić information content (AvgIpc) is 3.36. The second kappa shape index (κ2) is 8.66. The number of rotatable bonds is 6. The third-order valence-electron chi connectivity index (χ3n) is 4.88. The van der Waals surface area contributed by atoms with E-state index in [1.807, 2.05) is 24.3 Å². The van der Waals surface area contributed by atoms with Crippen LogP contribution in [-0.4, -0.2) is 28.9 Å². The fraction of sp³-hybridized carbons (Fsp3) is 0.273. The zero-order valence-corrected chi connectivity index (χ0v) is 16.4. The summed E-state index contributed by atoms with van der Waals surface area (Å²) in [4.78, 5) is 18.7. The fourth-order valence-electron chi connectivity index (χ4n) is 3.51. The van der Waals surface area contributed by atoms with E-state index in [0.717, 1.165) is 18.4 Å². The monoisotopic (exact) mass is 414 g/mol. The highest BCUT2D eigenvalue weighted by atomic mass is 35.5. The van der Waals surface area contributed by atoms with Crippen LogP contribution in [0.4, 0.5) is 4.39 Å². The number of carbonyl (C=O) groups excluding carboxylic acids is 1. The molecule has 150 valence electrons. The Labute approximate surface area is 173 Å². The van der Waals surface area contributed by atoms with Crippen molar-refractivity contribution in [2.45, 2.75) is 25.3 Å². The second-order valence-electron chi connectivity index (χ2n) is 6.94. The molecule has 0 N–H and O–H groups in total. The standard InChI is InChI=1S/C22H20ClFN2O3/c23-16-6-3-5-15(11-16)12-17-13-25-22(29-17)19-8-4-10-26(19)21(27)14-28-20-9-2-1-7-18(20)24/h1-3,5-7,9,11,13,19H,4,8,10,12,14H2/t19-/m0/s1. The van der Waals surface area contributed by atoms with Crippen LogP contribution in [0.15, 0.2) is 59.1 Å². The Kier molecular flexibility index (Phi) is 5.81. The minimum absolute atomic E-state index is 0.0662. The van der Waals surface area contributed by atoms with Gasteiger partial charge in [0.15, 0.2) is 18.2 Å². The summed E-state index contributed by atoms with van der Waals surface area (Å²) in [6.45, 7) is 0.365. The predicted octanol–water partition coefficient (Wildman–Crippen LogP) is 4.80. The highest BCUT2D eigenvalue weighted by Gasteiger charge is 2.33. The molecule has 1 aliphatic heterocycles. The maximum absolute atomic E-state index is 13.7. The van der Waals surface area contributed by atoms with Gasteiger partial charge in [-0.3, -0.25) is 4.79 Å². The van der Waals surface area contributed by atoms with E-state index < -0.39 is 5.82 Å². The van der Waals surface area contributed by atoms with Gasteiger partial charge in [0.05, 0.1) is 6.20 Å². The number of hydrogen-bond donors (Lipinski definition) is 0. The molecular weight excluding hydrogens is 395 g/mol. The van der Waals surface area contributed by atoms with Gasteiger partial charge in [0.25, 0.3) is 5.91 Å². The Bertz CT molecular complexity index is 1010. The quantitative estimate of drug-likeness (QED) is 0.581. The van der Waals surface area contributed by atoms with Crippen molar-refractivity contribution < 1.29 is 18.3 Å². The predicted molar refractivity (Wildman–Crippen MR) is 106 cm³/mol. The maximum atomic E-state index is 13.7. The largest absolute Gasteiger partial charge is 0.481 e. The van der Waals surface area contributed by atoms with Crippen molar-refractivity contribution in [1.82, 2.24) is 9.88 Å². The lowest BCUT2D eigenvalue weighted by molar-refractivity contribution is -0.134. The first-order valence-corrected chi connectivity index (χ1v) is 9.84. The highest BCUT2D eigenvalue weighted by molar-refractivity contribution is 6.30. The minimum atomic E-state index is -0.489. The van der Waals surface area contributed by atoms with E-state index in [1.165, 1.54) is 12.1 Å². The Balaban J connectivity index is 1.41. The average molecular weight is 415 g/mol. The summed E-state index contributed by atoms with van der Waals surface area (Å²) in [6.07, 6.45) is 3.88. The molecule has 0 spiro atoms. The van der Waals surface area contributed by atoms with E-state index >= 15 is 0 Å². The number of benzene rings is 2. The van der Waals surface area contributed by atoms with E-state index in [4.69, 9.17) is 20.8 Å². The molecule has 5 nitrogen and oxygen atoms in total. The van der Waals surface area contributed by atoms with Crippen molar-refractivity contribution >= 4 is 17.5 Å². The summed E-state index contributed by atoms with van der Waals surface area (Å²) in [7, 11) is 0. The lowest BCUT2D eigenvalue weighted by Gasteiger charge is -2.22. The molecule has 3 aromatic rings. The summed E-state index contributed by atoms with van der Waals surface area (Å²) in [5, 5.41) is 0.671. The lowest BCUT2D eigenvalue weighted by atomic mass is 10.1. The third kappa shape index (κ3) is 4.59. The summed E-state index contributed by atoms with van der Waals surface area (Å²) >= 11 is 6.03. The van der Waals surface area contributed by atoms with Crippen LogP contribution in [0.3, 0.4) is 0 Å². The Hall–Kier alpha value is -2.86. The number of carbonyl (C=O) groups is 1. The van der Waals surface area contributed by atoms with Crippen molar-refractivity contribution in [1.29, 1.82) is 0 Å². The Morgan fingerprint density at radius 2 is 2.14 bits per heavy atom. The van der Waals surface area contributed by atoms with Gasteiger partial charge in [0.1, 0.15) is 11.8 Å². The third-order valence-corrected chi connectivity index (χ3v) is 5.12. The number of oxazole rings is 1. The lowest BCUT2D eigenvalue weighted by Crippen LogP contribution is -2.34. The first kappa shape index (κ1) is 19.5. The van der Waals surface area contributed by atoms with Gasteiger partial charge < -0.3 is 14.1 Å². The van der Waals surface area contributed by atoms with Crippen LogP contribution in [0.25, 0.3) is 0 Å². The van der Waals surface area contributed by atoms with Gasteiger partial charge in [0.2, 0.25) is 5.89 Å². The van der Waals surface area contributed by atoms with Crippen LogP contribution in [0.5, 0.6) is 5.75 Å². The molecule has 0 saturated carbocycles. The molecule has 7 heteroatoms. The van der Waals surface area contributed by atoms with Gasteiger partial charge in [-0.05, 0) is 42.7 Å². The number of amides is 1. The molecule has 29 heavy (non-hydrogen) atoms. The number of para-hydroxylation sites is 1. The maximum Gasteiger partial charge on any atom is 0.261 e. The van der Waals surface area contributed by atoms with Crippen molar-refractivity contribution in [3.8, 4) is 5.75 Å². The molecule has 1 aromatic heterocycles. The first-order chi connectivity index (χ1) is 14.1. The number of ether oxygens (including phenoxy) is 1. The van der Waals surface area contributed by atoms with Crippen molar-refractivity contribution in [2.24, 2.45) is 0 Å². The minimum Gasteiger partial charge on any atom is -0.481 e. The Morgan fingerprint density at radius 3 is 2.97 bits per heavy atom. The van der Waals surface area contributed by atoms with Crippen LogP contribution < -0.4 is 4.74 Å². The van der Waals surface area contributed by atoms with Gasteiger partial charge in [0, 0.05) is 18.0 Å². The van der Waals surface area contributed by atoms with Gasteiger partial charge in [-0.2, -0.15) is 0 Å². The molecule has 1 saturated heterocycles.